The molecule has 0 aliphatic heterocycles. The van der Waals surface area contributed by atoms with E-state index in [9.17, 15) is 4.79 Å². The molecule has 0 atom stereocenters. The second-order valence-electron chi connectivity index (χ2n) is 6.12. The summed E-state index contributed by atoms with van der Waals surface area (Å²) in [4.78, 5) is 14.2. The molecule has 0 bridgehead atoms. The predicted octanol–water partition coefficient (Wildman–Crippen LogP) is 3.61. The first kappa shape index (κ1) is 16.2. The van der Waals surface area contributed by atoms with Crippen molar-refractivity contribution in [2.24, 2.45) is 7.05 Å². The van der Waals surface area contributed by atoms with Gasteiger partial charge in [-0.25, -0.2) is 0 Å². The number of aryl methyl sites for hydroxylation is 1. The lowest BCUT2D eigenvalue weighted by molar-refractivity contribution is 0.270. The standard InChI is InChI=1S/C21H22N2O/c1-22-14-13-17(15-20(22)24)16-23(2)21(18-9-5-3-6-10-18)19-11-7-4-8-12-19/h3-15,21H,16H2,1-2H3. The first-order valence-corrected chi connectivity index (χ1v) is 8.11. The second-order valence-corrected chi connectivity index (χ2v) is 6.12. The fourth-order valence-corrected chi connectivity index (χ4v) is 3.04. The van der Waals surface area contributed by atoms with Crippen molar-refractivity contribution in [2.45, 2.75) is 12.6 Å². The van der Waals surface area contributed by atoms with Gasteiger partial charge in [0.05, 0.1) is 6.04 Å². The lowest BCUT2D eigenvalue weighted by atomic mass is 9.97. The molecule has 0 aliphatic carbocycles. The number of pyridine rings is 1. The van der Waals surface area contributed by atoms with Gasteiger partial charge in [-0.05, 0) is 29.8 Å². The molecule has 24 heavy (non-hydrogen) atoms. The van der Waals surface area contributed by atoms with Gasteiger partial charge < -0.3 is 4.57 Å². The molecule has 3 aromatic rings. The zero-order valence-corrected chi connectivity index (χ0v) is 14.1. The molecular weight excluding hydrogens is 296 g/mol. The fraction of sp³-hybridized carbons (Fsp3) is 0.190. The third-order valence-corrected chi connectivity index (χ3v) is 4.27. The number of nitrogens with zero attached hydrogens (tertiary/aromatic N) is 2. The van der Waals surface area contributed by atoms with E-state index >= 15 is 0 Å². The van der Waals surface area contributed by atoms with Gasteiger partial charge in [-0.3, -0.25) is 9.69 Å². The predicted molar refractivity (Wildman–Crippen MR) is 97.9 cm³/mol. The van der Waals surface area contributed by atoms with Gasteiger partial charge in [0.25, 0.3) is 5.56 Å². The largest absolute Gasteiger partial charge is 0.319 e. The topological polar surface area (TPSA) is 25.2 Å². The Morgan fingerprint density at radius 3 is 1.96 bits per heavy atom. The lowest BCUT2D eigenvalue weighted by Gasteiger charge is -2.29. The van der Waals surface area contributed by atoms with E-state index in [0.29, 0.717) is 6.54 Å². The molecule has 1 aromatic heterocycles. The van der Waals surface area contributed by atoms with Crippen LogP contribution < -0.4 is 5.56 Å². The molecule has 122 valence electrons. The molecule has 0 fully saturated rings. The molecule has 0 saturated carbocycles. The summed E-state index contributed by atoms with van der Waals surface area (Å²) < 4.78 is 1.59. The minimum atomic E-state index is 0.0249. The molecule has 0 unspecified atom stereocenters. The van der Waals surface area contributed by atoms with E-state index in [0.717, 1.165) is 5.56 Å². The Kier molecular flexibility index (Phi) is 4.92. The van der Waals surface area contributed by atoms with Crippen LogP contribution in [0.15, 0.2) is 83.8 Å². The highest BCUT2D eigenvalue weighted by Crippen LogP contribution is 2.28. The third kappa shape index (κ3) is 3.63. The van der Waals surface area contributed by atoms with Crippen LogP contribution in [0.4, 0.5) is 0 Å². The van der Waals surface area contributed by atoms with Crippen LogP contribution in [0.2, 0.25) is 0 Å². The molecule has 2 aromatic carbocycles. The van der Waals surface area contributed by atoms with E-state index in [4.69, 9.17) is 0 Å². The van der Waals surface area contributed by atoms with Crippen LogP contribution in [-0.2, 0) is 13.6 Å². The molecule has 3 rings (SSSR count). The van der Waals surface area contributed by atoms with Gasteiger partial charge in [0.15, 0.2) is 0 Å². The molecular formula is C21H22N2O. The van der Waals surface area contributed by atoms with Crippen molar-refractivity contribution in [3.05, 3.63) is 106 Å². The SMILES string of the molecule is CN(Cc1ccn(C)c(=O)c1)C(c1ccccc1)c1ccccc1. The molecule has 0 radical (unpaired) electrons. The Bertz CT molecular complexity index is 801. The smallest absolute Gasteiger partial charge is 0.250 e. The average molecular weight is 318 g/mol. The van der Waals surface area contributed by atoms with Crippen LogP contribution in [0, 0.1) is 0 Å². The van der Waals surface area contributed by atoms with Gasteiger partial charge in [0.2, 0.25) is 0 Å². The quantitative estimate of drug-likeness (QED) is 0.718. The van der Waals surface area contributed by atoms with E-state index in [-0.39, 0.29) is 11.6 Å². The van der Waals surface area contributed by atoms with E-state index in [1.807, 2.05) is 24.4 Å². The first-order chi connectivity index (χ1) is 11.6. The molecule has 0 amide bonds. The number of hydrogen-bond acceptors (Lipinski definition) is 2. The van der Waals surface area contributed by atoms with Gasteiger partial charge in [0, 0.05) is 25.9 Å². The second kappa shape index (κ2) is 7.28. The zero-order chi connectivity index (χ0) is 16.9. The molecule has 0 aliphatic rings. The summed E-state index contributed by atoms with van der Waals surface area (Å²) in [5, 5.41) is 0. The molecule has 0 saturated heterocycles. The van der Waals surface area contributed by atoms with Gasteiger partial charge in [-0.1, -0.05) is 60.7 Å². The minimum Gasteiger partial charge on any atom is -0.319 e. The minimum absolute atomic E-state index is 0.0249. The normalized spacial score (nSPS) is 11.2. The van der Waals surface area contributed by atoms with E-state index in [1.54, 1.807) is 17.7 Å². The van der Waals surface area contributed by atoms with E-state index in [2.05, 4.69) is 60.5 Å². The highest BCUT2D eigenvalue weighted by atomic mass is 16.1. The molecule has 1 heterocycles. The Hall–Kier alpha value is -2.65. The van der Waals surface area contributed by atoms with Crippen LogP contribution >= 0.6 is 0 Å². The fourth-order valence-electron chi connectivity index (χ4n) is 3.04. The Labute approximate surface area is 142 Å². The first-order valence-electron chi connectivity index (χ1n) is 8.11. The van der Waals surface area contributed by atoms with Crippen molar-refractivity contribution < 1.29 is 0 Å². The van der Waals surface area contributed by atoms with Gasteiger partial charge in [0.1, 0.15) is 0 Å². The maximum atomic E-state index is 11.9. The van der Waals surface area contributed by atoms with Crippen molar-refractivity contribution in [2.75, 3.05) is 7.05 Å². The van der Waals surface area contributed by atoms with E-state index < -0.39 is 0 Å². The molecule has 3 nitrogen and oxygen atoms in total. The van der Waals surface area contributed by atoms with Crippen LogP contribution in [-0.4, -0.2) is 16.5 Å². The third-order valence-electron chi connectivity index (χ3n) is 4.27. The summed E-state index contributed by atoms with van der Waals surface area (Å²) in [6, 6.07) is 24.8. The monoisotopic (exact) mass is 318 g/mol. The van der Waals surface area contributed by atoms with Crippen molar-refractivity contribution in [3.63, 3.8) is 0 Å². The van der Waals surface area contributed by atoms with Crippen molar-refractivity contribution in [3.8, 4) is 0 Å². The Morgan fingerprint density at radius 1 is 0.917 bits per heavy atom. The Morgan fingerprint density at radius 2 is 1.46 bits per heavy atom. The summed E-state index contributed by atoms with van der Waals surface area (Å²) in [5.74, 6) is 0. The molecule has 0 spiro atoms. The summed E-state index contributed by atoms with van der Waals surface area (Å²) in [7, 11) is 3.87. The molecule has 3 heteroatoms. The average Bonchev–Trinajstić information content (AvgIpc) is 2.60. The van der Waals surface area contributed by atoms with Gasteiger partial charge >= 0.3 is 0 Å². The van der Waals surface area contributed by atoms with Crippen LogP contribution in [0.25, 0.3) is 0 Å². The van der Waals surface area contributed by atoms with Gasteiger partial charge in [-0.15, -0.1) is 0 Å². The number of rotatable bonds is 5. The highest BCUT2D eigenvalue weighted by molar-refractivity contribution is 5.32. The summed E-state index contributed by atoms with van der Waals surface area (Å²) in [6.45, 7) is 0.713. The maximum Gasteiger partial charge on any atom is 0.250 e. The number of benzene rings is 2. The summed E-state index contributed by atoms with van der Waals surface area (Å²) in [6.07, 6.45) is 1.82. The van der Waals surface area contributed by atoms with E-state index in [1.165, 1.54) is 11.1 Å². The highest BCUT2D eigenvalue weighted by Gasteiger charge is 2.19. The Balaban J connectivity index is 1.93. The zero-order valence-electron chi connectivity index (χ0n) is 14.1. The van der Waals surface area contributed by atoms with Crippen LogP contribution in [0.1, 0.15) is 22.7 Å². The van der Waals surface area contributed by atoms with Crippen molar-refractivity contribution >= 4 is 0 Å². The van der Waals surface area contributed by atoms with Gasteiger partial charge in [-0.2, -0.15) is 0 Å². The number of aromatic nitrogens is 1. The number of hydrogen-bond donors (Lipinski definition) is 0. The van der Waals surface area contributed by atoms with Crippen molar-refractivity contribution in [1.29, 1.82) is 0 Å². The maximum absolute atomic E-state index is 11.9. The lowest BCUT2D eigenvalue weighted by Crippen LogP contribution is -2.26. The van der Waals surface area contributed by atoms with Crippen molar-refractivity contribution in [1.82, 2.24) is 9.47 Å². The summed E-state index contributed by atoms with van der Waals surface area (Å²) >= 11 is 0. The molecule has 0 N–H and O–H groups in total. The summed E-state index contributed by atoms with van der Waals surface area (Å²) in [5.41, 5.74) is 3.54. The van der Waals surface area contributed by atoms with Crippen LogP contribution in [0.3, 0.4) is 0 Å². The van der Waals surface area contributed by atoms with Crippen LogP contribution in [0.5, 0.6) is 0 Å².